The highest BCUT2D eigenvalue weighted by atomic mass is 127. The smallest absolute Gasteiger partial charge is 0.336 e. The van der Waals surface area contributed by atoms with Gasteiger partial charge in [0.15, 0.2) is 12.4 Å². The minimum absolute atomic E-state index is 0. The van der Waals surface area contributed by atoms with Crippen molar-refractivity contribution in [3.63, 3.8) is 0 Å². The average molecular weight is 924 g/mol. The molecule has 50 heavy (non-hydrogen) atoms. The van der Waals surface area contributed by atoms with Crippen LogP contribution in [-0.4, -0.2) is 31.1 Å². The molecular weight excluding hydrogens is 856 g/mol. The second kappa shape index (κ2) is 29.8. The Labute approximate surface area is 337 Å². The van der Waals surface area contributed by atoms with E-state index in [-0.39, 0.29) is 54.5 Å². The molecule has 0 bridgehead atoms. The number of hydrogen-bond acceptors (Lipinski definition) is 6. The largest absolute Gasteiger partial charge is 1.00 e. The maximum absolute atomic E-state index is 13.7. The van der Waals surface area contributed by atoms with Crippen molar-refractivity contribution in [2.24, 2.45) is 5.73 Å². The molecule has 2 rings (SSSR count). The van der Waals surface area contributed by atoms with Crippen molar-refractivity contribution in [3.8, 4) is 0 Å². The van der Waals surface area contributed by atoms with Crippen molar-refractivity contribution in [1.29, 1.82) is 0 Å². The van der Waals surface area contributed by atoms with E-state index in [1.807, 2.05) is 19.9 Å². The van der Waals surface area contributed by atoms with Crippen molar-refractivity contribution in [1.82, 2.24) is 5.32 Å². The van der Waals surface area contributed by atoms with Crippen molar-refractivity contribution >= 4 is 41.8 Å². The van der Waals surface area contributed by atoms with Crippen LogP contribution < -0.4 is 39.6 Å². The predicted molar refractivity (Wildman–Crippen MR) is 208 cm³/mol. The van der Waals surface area contributed by atoms with Crippen molar-refractivity contribution in [2.45, 2.75) is 169 Å². The van der Waals surface area contributed by atoms with Crippen LogP contribution in [0, 0.1) is 0 Å². The summed E-state index contributed by atoms with van der Waals surface area (Å²) >= 11 is 0. The summed E-state index contributed by atoms with van der Waals surface area (Å²) in [6.45, 7) is 8.79. The Morgan fingerprint density at radius 1 is 0.680 bits per heavy atom. The van der Waals surface area contributed by atoms with Gasteiger partial charge in [0.2, 0.25) is 6.54 Å². The van der Waals surface area contributed by atoms with E-state index in [4.69, 9.17) is 15.2 Å². The summed E-state index contributed by atoms with van der Waals surface area (Å²) in [5, 5.41) is 3.25. The molecule has 0 spiro atoms. The predicted octanol–water partition coefficient (Wildman–Crippen LogP) is 6.24. The molecule has 1 aromatic rings. The summed E-state index contributed by atoms with van der Waals surface area (Å²) < 4.78 is 13.3. The van der Waals surface area contributed by atoms with Gasteiger partial charge in [0, 0.05) is 23.0 Å². The summed E-state index contributed by atoms with van der Waals surface area (Å²) in [4.78, 5) is 39.0. The zero-order chi connectivity index (χ0) is 35.0. The van der Waals surface area contributed by atoms with Gasteiger partial charge >= 0.3 is 11.9 Å². The summed E-state index contributed by atoms with van der Waals surface area (Å²) in [6.07, 6.45) is 27.5. The normalized spacial score (nSPS) is 13.0. The molecule has 1 amide bonds. The van der Waals surface area contributed by atoms with E-state index in [1.54, 1.807) is 23.0 Å². The van der Waals surface area contributed by atoms with Crippen molar-refractivity contribution < 1.29 is 52.4 Å². The van der Waals surface area contributed by atoms with E-state index in [0.717, 1.165) is 38.5 Å². The van der Waals surface area contributed by atoms with Gasteiger partial charge in [0.05, 0.1) is 30.3 Å². The Morgan fingerprint density at radius 3 is 1.44 bits per heavy atom. The molecule has 286 valence electrons. The van der Waals surface area contributed by atoms with E-state index in [2.05, 4.69) is 19.2 Å². The summed E-state index contributed by atoms with van der Waals surface area (Å²) in [5.41, 5.74) is 8.21. The average Bonchev–Trinajstić information content (AvgIpc) is 3.05. The molecular formula is C40H67I2N3O5. The second-order valence-corrected chi connectivity index (χ2v) is 13.5. The van der Waals surface area contributed by atoms with Crippen molar-refractivity contribution in [3.05, 3.63) is 52.6 Å². The lowest BCUT2D eigenvalue weighted by atomic mass is 9.81. The fourth-order valence-corrected chi connectivity index (χ4v) is 6.52. The van der Waals surface area contributed by atoms with Crippen LogP contribution in [0.1, 0.15) is 168 Å². The zero-order valence-electron chi connectivity index (χ0n) is 31.5. The fraction of sp³-hybridized carbons (Fsp3) is 0.700. The first-order valence-electron chi connectivity index (χ1n) is 19.1. The molecule has 0 aliphatic carbocycles. The number of amides is 1. The first-order chi connectivity index (χ1) is 23.3. The van der Waals surface area contributed by atoms with Crippen LogP contribution in [0.15, 0.2) is 47.1 Å². The third kappa shape index (κ3) is 19.2. The van der Waals surface area contributed by atoms with E-state index in [1.165, 1.54) is 89.9 Å². The summed E-state index contributed by atoms with van der Waals surface area (Å²) in [6, 6.07) is 3.66. The highest BCUT2D eigenvalue weighted by Crippen LogP contribution is 2.39. The first-order valence-corrected chi connectivity index (χ1v) is 19.1. The number of pyridine rings is 1. The maximum atomic E-state index is 13.7. The number of aromatic nitrogens is 1. The molecule has 1 aromatic heterocycles. The molecule has 0 saturated carbocycles. The number of esters is 2. The lowest BCUT2D eigenvalue weighted by Gasteiger charge is -2.30. The number of carbonyl (C=O) groups excluding carboxylic acids is 3. The number of dihydropyridines is 1. The van der Waals surface area contributed by atoms with Crippen LogP contribution in [-0.2, 0) is 30.4 Å². The maximum Gasteiger partial charge on any atom is 0.336 e. The van der Waals surface area contributed by atoms with E-state index in [0.29, 0.717) is 41.3 Å². The van der Waals surface area contributed by atoms with Crippen LogP contribution >= 0.6 is 24.0 Å². The lowest BCUT2D eigenvalue weighted by Crippen LogP contribution is -3.00. The van der Waals surface area contributed by atoms with Crippen LogP contribution in [0.4, 0.5) is 0 Å². The number of ether oxygens (including phenoxy) is 2. The number of halogens is 2. The standard InChI is InChI=1S/C40H65N3O5.2HI/c1-5-7-9-11-13-15-17-19-21-23-28-47-39(45)36-32(3)42-33(4)37(38(36)34-26-25-27-43(30-34)31-35(41)44)40(46)48-29-24-22-20-18-16-14-12-10-8-6-2;;/h25-27,30,38H,5-24,28-29,31H2,1-4H3,(H2-,41,42,44,45,46);2*1H. The minimum atomic E-state index is -0.702. The van der Waals surface area contributed by atoms with Gasteiger partial charge < -0.3 is 44.5 Å². The van der Waals surface area contributed by atoms with Gasteiger partial charge in [-0.25, -0.2) is 9.59 Å². The van der Waals surface area contributed by atoms with Gasteiger partial charge in [-0.3, -0.25) is 4.79 Å². The van der Waals surface area contributed by atoms with Crippen LogP contribution in [0.2, 0.25) is 0 Å². The van der Waals surface area contributed by atoms with Gasteiger partial charge in [-0.1, -0.05) is 129 Å². The van der Waals surface area contributed by atoms with E-state index < -0.39 is 23.8 Å². The molecule has 0 unspecified atom stereocenters. The Bertz CT molecular complexity index is 1130. The second-order valence-electron chi connectivity index (χ2n) is 13.5. The molecule has 1 aliphatic rings. The highest BCUT2D eigenvalue weighted by Gasteiger charge is 2.39. The number of nitrogens with two attached hydrogens (primary N) is 1. The molecule has 3 N–H and O–H groups in total. The fourth-order valence-electron chi connectivity index (χ4n) is 6.52. The molecule has 0 saturated heterocycles. The Kier molecular flexibility index (Phi) is 28.8. The number of rotatable bonds is 27. The van der Waals surface area contributed by atoms with Crippen molar-refractivity contribution in [2.75, 3.05) is 13.2 Å². The molecule has 2 heterocycles. The molecule has 1 aliphatic heterocycles. The SMILES string of the molecule is CCCCCCCCCCCCOC(=O)C1=C(C)NC(C)=C(C(=O)OCCCCCCCCCCCC)C1c1ccc[n+](CC(N)=O)c1.I.[I-]. The number of nitrogens with zero attached hydrogens (tertiary/aromatic N) is 1. The number of hydrogen-bond donors (Lipinski definition) is 2. The van der Waals surface area contributed by atoms with Crippen LogP contribution in [0.25, 0.3) is 0 Å². The van der Waals surface area contributed by atoms with Crippen LogP contribution in [0.5, 0.6) is 0 Å². The van der Waals surface area contributed by atoms with Gasteiger partial charge in [-0.2, -0.15) is 4.57 Å². The van der Waals surface area contributed by atoms with Gasteiger partial charge in [0.25, 0.3) is 5.91 Å². The number of nitrogens with one attached hydrogen (secondary N) is 1. The first kappa shape index (κ1) is 48.3. The topological polar surface area (TPSA) is 112 Å². The monoisotopic (exact) mass is 923 g/mol. The van der Waals surface area contributed by atoms with E-state index >= 15 is 0 Å². The summed E-state index contributed by atoms with van der Waals surface area (Å²) in [7, 11) is 0. The number of unbranched alkanes of at least 4 members (excludes halogenated alkanes) is 18. The zero-order valence-corrected chi connectivity index (χ0v) is 36.0. The third-order valence-electron chi connectivity index (χ3n) is 9.22. The minimum Gasteiger partial charge on any atom is -1.00 e. The molecule has 0 radical (unpaired) electrons. The molecule has 8 nitrogen and oxygen atoms in total. The van der Waals surface area contributed by atoms with Gasteiger partial charge in [0.1, 0.15) is 0 Å². The number of carbonyl (C=O) groups is 3. The Morgan fingerprint density at radius 2 is 1.06 bits per heavy atom. The number of primary amides is 1. The molecule has 0 aromatic carbocycles. The Balaban J connectivity index is 0.0000120. The van der Waals surface area contributed by atoms with Gasteiger partial charge in [-0.15, -0.1) is 24.0 Å². The quantitative estimate of drug-likeness (QED) is 0.0468. The molecule has 10 heteroatoms. The molecule has 0 fully saturated rings. The summed E-state index contributed by atoms with van der Waals surface area (Å²) in [5.74, 6) is -2.07. The number of allylic oxidation sites excluding steroid dienone is 2. The van der Waals surface area contributed by atoms with Crippen LogP contribution in [0.3, 0.4) is 0 Å². The lowest BCUT2D eigenvalue weighted by molar-refractivity contribution is -0.684. The third-order valence-corrected chi connectivity index (χ3v) is 9.22. The molecule has 0 atom stereocenters. The van der Waals surface area contributed by atoms with E-state index in [9.17, 15) is 14.4 Å². The highest BCUT2D eigenvalue weighted by molar-refractivity contribution is 14.0. The Hall–Kier alpha value is -1.70. The van der Waals surface area contributed by atoms with Gasteiger partial charge in [-0.05, 0) is 32.8 Å².